The molecule has 0 fully saturated rings. The van der Waals surface area contributed by atoms with Crippen LogP contribution in [0.5, 0.6) is 0 Å². The van der Waals surface area contributed by atoms with Crippen molar-refractivity contribution >= 4 is 11.8 Å². The molecule has 0 aliphatic heterocycles. The van der Waals surface area contributed by atoms with Gasteiger partial charge in [-0.15, -0.1) is 0 Å². The summed E-state index contributed by atoms with van der Waals surface area (Å²) < 4.78 is 5.66. The zero-order chi connectivity index (χ0) is 14.3. The third-order valence-electron chi connectivity index (χ3n) is 3.25. The maximum Gasteiger partial charge on any atom is 0.0473 e. The number of aryl methyl sites for hydroxylation is 1. The Morgan fingerprint density at radius 1 is 0.950 bits per heavy atom. The highest BCUT2D eigenvalue weighted by Gasteiger charge is 1.94. The van der Waals surface area contributed by atoms with Gasteiger partial charge in [-0.3, -0.25) is 4.98 Å². The van der Waals surface area contributed by atoms with E-state index in [9.17, 15) is 0 Å². The number of pyridine rings is 1. The van der Waals surface area contributed by atoms with Gasteiger partial charge >= 0.3 is 0 Å². The van der Waals surface area contributed by atoms with Gasteiger partial charge in [0, 0.05) is 25.6 Å². The van der Waals surface area contributed by atoms with Crippen molar-refractivity contribution in [2.24, 2.45) is 0 Å². The Bertz CT molecular complexity index is 305. The molecule has 20 heavy (non-hydrogen) atoms. The van der Waals surface area contributed by atoms with Crippen molar-refractivity contribution in [1.29, 1.82) is 0 Å². The summed E-state index contributed by atoms with van der Waals surface area (Å²) in [4.78, 5) is 4.03. The van der Waals surface area contributed by atoms with Crippen LogP contribution in [0.1, 0.15) is 51.0 Å². The van der Waals surface area contributed by atoms with Gasteiger partial charge in [0.1, 0.15) is 0 Å². The molecule has 2 nitrogen and oxygen atoms in total. The topological polar surface area (TPSA) is 22.1 Å². The Hall–Kier alpha value is -0.540. The third kappa shape index (κ3) is 10.3. The predicted molar refractivity (Wildman–Crippen MR) is 89.5 cm³/mol. The molecule has 0 amide bonds. The molecule has 114 valence electrons. The minimum absolute atomic E-state index is 0.927. The van der Waals surface area contributed by atoms with E-state index in [1.54, 1.807) is 0 Å². The average molecular weight is 295 g/mol. The first-order valence-corrected chi connectivity index (χ1v) is 9.13. The smallest absolute Gasteiger partial charge is 0.0473 e. The van der Waals surface area contributed by atoms with Gasteiger partial charge in [-0.05, 0) is 48.5 Å². The Morgan fingerprint density at radius 2 is 1.70 bits per heavy atom. The van der Waals surface area contributed by atoms with Crippen LogP contribution in [-0.2, 0) is 11.2 Å². The van der Waals surface area contributed by atoms with Crippen molar-refractivity contribution < 1.29 is 4.74 Å². The molecule has 0 bridgehead atoms. The number of hydrogen-bond donors (Lipinski definition) is 0. The molecule has 0 spiro atoms. The fourth-order valence-corrected chi connectivity index (χ4v) is 2.92. The molecule has 0 saturated carbocycles. The Labute approximate surface area is 128 Å². The van der Waals surface area contributed by atoms with E-state index in [1.165, 1.54) is 55.6 Å². The molecule has 1 aromatic heterocycles. The summed E-state index contributed by atoms with van der Waals surface area (Å²) in [5, 5.41) is 0. The van der Waals surface area contributed by atoms with E-state index >= 15 is 0 Å². The summed E-state index contributed by atoms with van der Waals surface area (Å²) in [6.45, 7) is 4.13. The van der Waals surface area contributed by atoms with Crippen LogP contribution in [0, 0.1) is 0 Å². The number of nitrogens with zero attached hydrogens (tertiary/aromatic N) is 1. The second kappa shape index (κ2) is 13.4. The predicted octanol–water partition coefficient (Wildman–Crippen LogP) is 4.73. The van der Waals surface area contributed by atoms with Crippen molar-refractivity contribution in [3.63, 3.8) is 0 Å². The highest BCUT2D eigenvalue weighted by molar-refractivity contribution is 7.99. The van der Waals surface area contributed by atoms with Crippen LogP contribution >= 0.6 is 11.8 Å². The summed E-state index contributed by atoms with van der Waals surface area (Å²) >= 11 is 2.02. The molecule has 1 rings (SSSR count). The second-order valence-electron chi connectivity index (χ2n) is 5.10. The number of unbranched alkanes of at least 4 members (excludes halogenated alkanes) is 4. The molecule has 0 atom stereocenters. The van der Waals surface area contributed by atoms with Crippen LogP contribution in [0.3, 0.4) is 0 Å². The van der Waals surface area contributed by atoms with Crippen molar-refractivity contribution in [3.05, 3.63) is 30.1 Å². The lowest BCUT2D eigenvalue weighted by molar-refractivity contribution is 0.131. The van der Waals surface area contributed by atoms with Gasteiger partial charge in [0.2, 0.25) is 0 Å². The summed E-state index contributed by atoms with van der Waals surface area (Å²) in [5.41, 5.74) is 1.39. The van der Waals surface area contributed by atoms with E-state index in [4.69, 9.17) is 4.74 Å². The van der Waals surface area contributed by atoms with Gasteiger partial charge in [0.05, 0.1) is 0 Å². The zero-order valence-corrected chi connectivity index (χ0v) is 13.7. The van der Waals surface area contributed by atoms with Crippen molar-refractivity contribution in [3.8, 4) is 0 Å². The monoisotopic (exact) mass is 295 g/mol. The second-order valence-corrected chi connectivity index (χ2v) is 6.32. The van der Waals surface area contributed by atoms with Crippen molar-refractivity contribution in [2.45, 2.75) is 51.9 Å². The Balaban J connectivity index is 1.77. The largest absolute Gasteiger partial charge is 0.381 e. The maximum absolute atomic E-state index is 5.66. The molecule has 0 radical (unpaired) electrons. The highest BCUT2D eigenvalue weighted by atomic mass is 32.2. The molecule has 0 aliphatic rings. The minimum Gasteiger partial charge on any atom is -0.381 e. The lowest BCUT2D eigenvalue weighted by atomic mass is 10.2. The van der Waals surface area contributed by atoms with Crippen LogP contribution in [-0.4, -0.2) is 29.7 Å². The fourth-order valence-electron chi connectivity index (χ4n) is 2.01. The average Bonchev–Trinajstić information content (AvgIpc) is 2.49. The molecule has 0 unspecified atom stereocenters. The molecule has 3 heteroatoms. The number of rotatable bonds is 13. The summed E-state index contributed by atoms with van der Waals surface area (Å²) in [7, 11) is 0. The fraction of sp³-hybridized carbons (Fsp3) is 0.706. The van der Waals surface area contributed by atoms with Crippen molar-refractivity contribution in [2.75, 3.05) is 24.7 Å². The summed E-state index contributed by atoms with van der Waals surface area (Å²) in [6, 6.07) is 4.20. The van der Waals surface area contributed by atoms with E-state index in [0.29, 0.717) is 0 Å². The number of thioether (sulfide) groups is 1. The third-order valence-corrected chi connectivity index (χ3v) is 4.32. The van der Waals surface area contributed by atoms with E-state index in [0.717, 1.165) is 19.6 Å². The van der Waals surface area contributed by atoms with E-state index in [1.807, 2.05) is 24.2 Å². The summed E-state index contributed by atoms with van der Waals surface area (Å²) in [6.07, 6.45) is 12.7. The van der Waals surface area contributed by atoms with Crippen LogP contribution in [0.25, 0.3) is 0 Å². The van der Waals surface area contributed by atoms with E-state index in [2.05, 4.69) is 24.0 Å². The van der Waals surface area contributed by atoms with Crippen LogP contribution < -0.4 is 0 Å². The molecule has 0 aliphatic carbocycles. The minimum atomic E-state index is 0.927. The number of hydrogen-bond acceptors (Lipinski definition) is 3. The first kappa shape index (κ1) is 17.5. The van der Waals surface area contributed by atoms with Gasteiger partial charge in [-0.25, -0.2) is 0 Å². The summed E-state index contributed by atoms with van der Waals surface area (Å²) in [5.74, 6) is 2.40. The van der Waals surface area contributed by atoms with Gasteiger partial charge < -0.3 is 4.74 Å². The van der Waals surface area contributed by atoms with Gasteiger partial charge in [-0.2, -0.15) is 11.8 Å². The number of ether oxygens (including phenoxy) is 1. The Kier molecular flexibility index (Phi) is 11.8. The molecular weight excluding hydrogens is 266 g/mol. The first-order valence-electron chi connectivity index (χ1n) is 7.98. The van der Waals surface area contributed by atoms with E-state index < -0.39 is 0 Å². The SMILES string of the molecule is CCCCCCCOCCCSCCc1ccncc1. The first-order chi connectivity index (χ1) is 9.93. The maximum atomic E-state index is 5.66. The quantitative estimate of drug-likeness (QED) is 0.491. The lowest BCUT2D eigenvalue weighted by Gasteiger charge is -2.04. The molecular formula is C17H29NOS. The standard InChI is InChI=1S/C17H29NOS/c1-2-3-4-5-6-13-19-14-7-15-20-16-10-17-8-11-18-12-9-17/h8-9,11-12H,2-7,10,13-16H2,1H3. The molecule has 0 aromatic carbocycles. The molecule has 1 aromatic rings. The molecule has 0 saturated heterocycles. The van der Waals surface area contributed by atoms with Crippen LogP contribution in [0.2, 0.25) is 0 Å². The van der Waals surface area contributed by atoms with E-state index in [-0.39, 0.29) is 0 Å². The van der Waals surface area contributed by atoms with Gasteiger partial charge in [0.15, 0.2) is 0 Å². The Morgan fingerprint density at radius 3 is 2.50 bits per heavy atom. The molecule has 1 heterocycles. The molecule has 0 N–H and O–H groups in total. The van der Waals surface area contributed by atoms with Gasteiger partial charge in [0.25, 0.3) is 0 Å². The van der Waals surface area contributed by atoms with Crippen molar-refractivity contribution in [1.82, 2.24) is 4.98 Å². The van der Waals surface area contributed by atoms with Crippen LogP contribution in [0.15, 0.2) is 24.5 Å². The van der Waals surface area contributed by atoms with Crippen LogP contribution in [0.4, 0.5) is 0 Å². The zero-order valence-electron chi connectivity index (χ0n) is 12.9. The van der Waals surface area contributed by atoms with Gasteiger partial charge in [-0.1, -0.05) is 32.6 Å². The normalized spacial score (nSPS) is 10.8. The highest BCUT2D eigenvalue weighted by Crippen LogP contribution is 2.08. The lowest BCUT2D eigenvalue weighted by Crippen LogP contribution is -1.99. The number of aromatic nitrogens is 1.